The molecule has 0 aromatic heterocycles. The number of aldehydes is 1. The summed E-state index contributed by atoms with van der Waals surface area (Å²) in [6, 6.07) is -0.365. The van der Waals surface area contributed by atoms with Gasteiger partial charge in [-0.15, -0.1) is 0 Å². The Kier molecular flexibility index (Phi) is 5.37. The van der Waals surface area contributed by atoms with E-state index >= 15 is 0 Å². The van der Waals surface area contributed by atoms with E-state index < -0.39 is 0 Å². The molecule has 3 N–H and O–H groups in total. The van der Waals surface area contributed by atoms with Gasteiger partial charge in [0.2, 0.25) is 5.91 Å². The van der Waals surface area contributed by atoms with Gasteiger partial charge >= 0.3 is 0 Å². The first-order valence-corrected chi connectivity index (χ1v) is 3.63. The Labute approximate surface area is 66.1 Å². The normalized spacial score (nSPS) is 12.2. The highest BCUT2D eigenvalue weighted by atomic mass is 16.2. The SMILES string of the molecule is CC(=O)N[C@@H](C=O)CCCN. The molecular formula is C7H14N2O2. The minimum Gasteiger partial charge on any atom is -0.347 e. The second-order valence-electron chi connectivity index (χ2n) is 2.37. The molecule has 0 aliphatic carbocycles. The van der Waals surface area contributed by atoms with E-state index in [1.165, 1.54) is 6.92 Å². The largest absolute Gasteiger partial charge is 0.347 e. The van der Waals surface area contributed by atoms with Crippen LogP contribution in [-0.2, 0) is 9.59 Å². The van der Waals surface area contributed by atoms with Gasteiger partial charge < -0.3 is 15.8 Å². The molecule has 1 amide bonds. The number of hydrogen-bond donors (Lipinski definition) is 2. The molecule has 0 fully saturated rings. The Morgan fingerprint density at radius 3 is 2.73 bits per heavy atom. The van der Waals surface area contributed by atoms with Gasteiger partial charge in [-0.25, -0.2) is 0 Å². The molecule has 0 spiro atoms. The monoisotopic (exact) mass is 158 g/mol. The Bertz CT molecular complexity index is 136. The van der Waals surface area contributed by atoms with Crippen molar-refractivity contribution in [2.45, 2.75) is 25.8 Å². The van der Waals surface area contributed by atoms with Crippen molar-refractivity contribution in [1.29, 1.82) is 0 Å². The van der Waals surface area contributed by atoms with Gasteiger partial charge in [0.25, 0.3) is 0 Å². The van der Waals surface area contributed by atoms with Crippen LogP contribution in [0.3, 0.4) is 0 Å². The molecule has 0 heterocycles. The first kappa shape index (κ1) is 10.1. The Morgan fingerprint density at radius 1 is 1.73 bits per heavy atom. The minimum absolute atomic E-state index is 0.181. The zero-order chi connectivity index (χ0) is 8.69. The quantitative estimate of drug-likeness (QED) is 0.526. The molecule has 0 aliphatic heterocycles. The maximum atomic E-state index is 10.5. The summed E-state index contributed by atoms with van der Waals surface area (Å²) in [5, 5.41) is 2.50. The topological polar surface area (TPSA) is 72.2 Å². The molecule has 1 atom stereocenters. The van der Waals surface area contributed by atoms with E-state index in [1.54, 1.807) is 0 Å². The van der Waals surface area contributed by atoms with Gasteiger partial charge in [-0.1, -0.05) is 0 Å². The summed E-state index contributed by atoms with van der Waals surface area (Å²) in [6.45, 7) is 1.93. The lowest BCUT2D eigenvalue weighted by Gasteiger charge is -2.09. The molecule has 0 aromatic rings. The van der Waals surface area contributed by atoms with Crippen molar-refractivity contribution >= 4 is 12.2 Å². The highest BCUT2D eigenvalue weighted by Gasteiger charge is 2.06. The summed E-state index contributed by atoms with van der Waals surface area (Å²) in [6.07, 6.45) is 2.11. The van der Waals surface area contributed by atoms with Gasteiger partial charge in [0.1, 0.15) is 6.29 Å². The molecule has 0 unspecified atom stereocenters. The van der Waals surface area contributed by atoms with Crippen molar-refractivity contribution in [3.8, 4) is 0 Å². The first-order valence-electron chi connectivity index (χ1n) is 3.63. The third-order valence-electron chi connectivity index (χ3n) is 1.27. The Balaban J connectivity index is 3.57. The average Bonchev–Trinajstić information content (AvgIpc) is 1.97. The number of nitrogens with one attached hydrogen (secondary N) is 1. The van der Waals surface area contributed by atoms with E-state index in [2.05, 4.69) is 5.32 Å². The molecule has 0 rings (SSSR count). The third kappa shape index (κ3) is 5.54. The molecule has 0 saturated carbocycles. The van der Waals surface area contributed by atoms with Crippen LogP contribution in [0.1, 0.15) is 19.8 Å². The first-order chi connectivity index (χ1) is 5.20. The van der Waals surface area contributed by atoms with Crippen LogP contribution < -0.4 is 11.1 Å². The zero-order valence-electron chi connectivity index (χ0n) is 6.67. The van der Waals surface area contributed by atoms with E-state index in [0.717, 1.165) is 12.7 Å². The van der Waals surface area contributed by atoms with E-state index in [-0.39, 0.29) is 11.9 Å². The molecule has 0 bridgehead atoms. The summed E-state index contributed by atoms with van der Waals surface area (Å²) in [7, 11) is 0. The van der Waals surface area contributed by atoms with Crippen molar-refractivity contribution in [2.75, 3.05) is 6.54 Å². The van der Waals surface area contributed by atoms with Crippen LogP contribution in [0.25, 0.3) is 0 Å². The number of nitrogens with two attached hydrogens (primary N) is 1. The fraction of sp³-hybridized carbons (Fsp3) is 0.714. The predicted molar refractivity (Wildman–Crippen MR) is 42.0 cm³/mol. The van der Waals surface area contributed by atoms with Gasteiger partial charge in [0.15, 0.2) is 0 Å². The maximum Gasteiger partial charge on any atom is 0.217 e. The smallest absolute Gasteiger partial charge is 0.217 e. The van der Waals surface area contributed by atoms with Crippen LogP contribution in [0, 0.1) is 0 Å². The molecular weight excluding hydrogens is 144 g/mol. The summed E-state index contributed by atoms with van der Waals surface area (Å²) in [5.74, 6) is -0.181. The van der Waals surface area contributed by atoms with Crippen LogP contribution in [0.15, 0.2) is 0 Å². The number of amides is 1. The lowest BCUT2D eigenvalue weighted by atomic mass is 10.2. The van der Waals surface area contributed by atoms with Crippen LogP contribution in [0.4, 0.5) is 0 Å². The highest BCUT2D eigenvalue weighted by Crippen LogP contribution is 1.91. The summed E-state index contributed by atoms with van der Waals surface area (Å²) in [5.41, 5.74) is 5.23. The van der Waals surface area contributed by atoms with Gasteiger partial charge in [0, 0.05) is 6.92 Å². The summed E-state index contributed by atoms with van der Waals surface area (Å²) < 4.78 is 0. The molecule has 0 aliphatic rings. The van der Waals surface area contributed by atoms with Gasteiger partial charge in [-0.05, 0) is 19.4 Å². The fourth-order valence-electron chi connectivity index (χ4n) is 0.773. The standard InChI is InChI=1S/C7H14N2O2/c1-6(11)9-7(5-10)3-2-4-8/h5,7H,2-4,8H2,1H3,(H,9,11)/t7-/m1/s1. The minimum atomic E-state index is -0.365. The van der Waals surface area contributed by atoms with Crippen LogP contribution in [0.2, 0.25) is 0 Å². The van der Waals surface area contributed by atoms with E-state index in [1.807, 2.05) is 0 Å². The lowest BCUT2D eigenvalue weighted by molar-refractivity contribution is -0.122. The van der Waals surface area contributed by atoms with Gasteiger partial charge in [-0.2, -0.15) is 0 Å². The van der Waals surface area contributed by atoms with Gasteiger partial charge in [0.05, 0.1) is 6.04 Å². The zero-order valence-corrected chi connectivity index (χ0v) is 6.67. The molecule has 0 aromatic carbocycles. The molecule has 0 saturated heterocycles. The highest BCUT2D eigenvalue weighted by molar-refractivity contribution is 5.77. The van der Waals surface area contributed by atoms with Gasteiger partial charge in [-0.3, -0.25) is 4.79 Å². The Morgan fingerprint density at radius 2 is 2.36 bits per heavy atom. The molecule has 11 heavy (non-hydrogen) atoms. The van der Waals surface area contributed by atoms with Crippen molar-refractivity contribution in [2.24, 2.45) is 5.73 Å². The van der Waals surface area contributed by atoms with E-state index in [4.69, 9.17) is 5.73 Å². The van der Waals surface area contributed by atoms with Crippen molar-refractivity contribution in [1.82, 2.24) is 5.32 Å². The maximum absolute atomic E-state index is 10.5. The second-order valence-corrected chi connectivity index (χ2v) is 2.37. The van der Waals surface area contributed by atoms with Crippen LogP contribution >= 0.6 is 0 Å². The number of rotatable bonds is 5. The van der Waals surface area contributed by atoms with Crippen LogP contribution in [-0.4, -0.2) is 24.8 Å². The molecule has 64 valence electrons. The third-order valence-corrected chi connectivity index (χ3v) is 1.27. The van der Waals surface area contributed by atoms with E-state index in [9.17, 15) is 9.59 Å². The summed E-state index contributed by atoms with van der Waals surface area (Å²) in [4.78, 5) is 20.8. The van der Waals surface area contributed by atoms with E-state index in [0.29, 0.717) is 13.0 Å². The lowest BCUT2D eigenvalue weighted by Crippen LogP contribution is -2.34. The average molecular weight is 158 g/mol. The van der Waals surface area contributed by atoms with Crippen molar-refractivity contribution in [3.05, 3.63) is 0 Å². The number of carbonyl (C=O) groups excluding carboxylic acids is 2. The van der Waals surface area contributed by atoms with Crippen molar-refractivity contribution < 1.29 is 9.59 Å². The summed E-state index contributed by atoms with van der Waals surface area (Å²) >= 11 is 0. The Hall–Kier alpha value is -0.900. The predicted octanol–water partition coefficient (Wildman–Crippen LogP) is -0.571. The van der Waals surface area contributed by atoms with Crippen molar-refractivity contribution in [3.63, 3.8) is 0 Å². The number of carbonyl (C=O) groups is 2. The number of hydrogen-bond acceptors (Lipinski definition) is 3. The second kappa shape index (κ2) is 5.85. The fourth-order valence-corrected chi connectivity index (χ4v) is 0.773. The molecule has 4 nitrogen and oxygen atoms in total. The van der Waals surface area contributed by atoms with Crippen LogP contribution in [0.5, 0.6) is 0 Å². The molecule has 4 heteroatoms. The molecule has 0 radical (unpaired) electrons.